The topological polar surface area (TPSA) is 83.6 Å². The summed E-state index contributed by atoms with van der Waals surface area (Å²) in [5, 5.41) is 17.8. The molecule has 0 saturated heterocycles. The molecule has 0 fully saturated rings. The van der Waals surface area contributed by atoms with Crippen molar-refractivity contribution < 1.29 is 23.8 Å². The number of aromatic hydroxyl groups is 1. The van der Waals surface area contributed by atoms with Crippen LogP contribution in [0.1, 0.15) is 11.5 Å². The molecule has 1 aromatic carbocycles. The van der Waals surface area contributed by atoms with Crippen molar-refractivity contribution in [2.45, 2.75) is 5.92 Å². The van der Waals surface area contributed by atoms with E-state index in [1.54, 1.807) is 0 Å². The normalized spacial score (nSPS) is 12.5. The van der Waals surface area contributed by atoms with Crippen LogP contribution >= 0.6 is 15.9 Å². The van der Waals surface area contributed by atoms with Crippen molar-refractivity contribution in [1.82, 2.24) is 0 Å². The monoisotopic (exact) mass is 295 g/mol. The van der Waals surface area contributed by atoms with Crippen molar-refractivity contribution in [2.24, 2.45) is 5.73 Å². The molecule has 4 nitrogen and oxygen atoms in total. The molecule has 0 aliphatic carbocycles. The molecule has 0 spiro atoms. The maximum Gasteiger partial charge on any atom is 0.312 e. The Hall–Kier alpha value is -1.21. The highest BCUT2D eigenvalue weighted by atomic mass is 79.9. The molecule has 0 saturated carbocycles. The van der Waals surface area contributed by atoms with E-state index in [0.717, 1.165) is 6.07 Å². The highest BCUT2D eigenvalue weighted by Crippen LogP contribution is 2.33. The first kappa shape index (κ1) is 12.9. The number of carboxylic acids is 1. The van der Waals surface area contributed by atoms with Crippen LogP contribution in [0.3, 0.4) is 0 Å². The zero-order valence-electron chi connectivity index (χ0n) is 7.88. The number of hydrogen-bond acceptors (Lipinski definition) is 3. The van der Waals surface area contributed by atoms with Crippen LogP contribution < -0.4 is 5.73 Å². The molecule has 0 bridgehead atoms. The summed E-state index contributed by atoms with van der Waals surface area (Å²) in [4.78, 5) is 10.7. The molecule has 1 aromatic rings. The minimum Gasteiger partial charge on any atom is -0.504 e. The van der Waals surface area contributed by atoms with Gasteiger partial charge in [-0.3, -0.25) is 4.79 Å². The Kier molecular flexibility index (Phi) is 3.82. The van der Waals surface area contributed by atoms with Crippen molar-refractivity contribution in [3.8, 4) is 5.75 Å². The van der Waals surface area contributed by atoms with E-state index in [2.05, 4.69) is 15.9 Å². The molecule has 1 rings (SSSR count). The van der Waals surface area contributed by atoms with E-state index in [4.69, 9.17) is 15.9 Å². The van der Waals surface area contributed by atoms with Gasteiger partial charge >= 0.3 is 5.97 Å². The number of hydrogen-bond donors (Lipinski definition) is 3. The Morgan fingerprint density at radius 3 is 2.50 bits per heavy atom. The third-order valence-corrected chi connectivity index (χ3v) is 2.68. The SMILES string of the molecule is NCC(C(=O)O)c1cc(Br)c(O)c(F)c1F. The predicted octanol–water partition coefficient (Wildman–Crippen LogP) is 1.56. The van der Waals surface area contributed by atoms with E-state index in [0.29, 0.717) is 0 Å². The van der Waals surface area contributed by atoms with Crippen LogP contribution in [0.5, 0.6) is 5.75 Å². The number of carboxylic acid groups (broad SMARTS) is 1. The van der Waals surface area contributed by atoms with Gasteiger partial charge in [-0.15, -0.1) is 0 Å². The molecule has 0 amide bonds. The highest BCUT2D eigenvalue weighted by molar-refractivity contribution is 9.10. The number of carbonyl (C=O) groups is 1. The molecular formula is C9H8BrF2NO3. The summed E-state index contributed by atoms with van der Waals surface area (Å²) in [6.45, 7) is -0.372. The summed E-state index contributed by atoms with van der Waals surface area (Å²) in [6, 6.07) is 0.999. The van der Waals surface area contributed by atoms with E-state index < -0.39 is 34.8 Å². The molecular weight excluding hydrogens is 288 g/mol. The molecule has 0 heterocycles. The van der Waals surface area contributed by atoms with Gasteiger partial charge in [-0.05, 0) is 22.0 Å². The van der Waals surface area contributed by atoms with E-state index in [1.165, 1.54) is 0 Å². The Bertz CT molecular complexity index is 439. The number of halogens is 3. The summed E-state index contributed by atoms with van der Waals surface area (Å²) in [6.07, 6.45) is 0. The van der Waals surface area contributed by atoms with Gasteiger partial charge in [-0.25, -0.2) is 4.39 Å². The lowest BCUT2D eigenvalue weighted by atomic mass is 9.98. The van der Waals surface area contributed by atoms with Crippen LogP contribution in [-0.4, -0.2) is 22.7 Å². The summed E-state index contributed by atoms with van der Waals surface area (Å²) in [7, 11) is 0. The predicted molar refractivity (Wildman–Crippen MR) is 55.2 cm³/mol. The van der Waals surface area contributed by atoms with E-state index in [9.17, 15) is 13.6 Å². The lowest BCUT2D eigenvalue weighted by Crippen LogP contribution is -2.22. The average Bonchev–Trinajstić information content (AvgIpc) is 2.23. The quantitative estimate of drug-likeness (QED) is 0.739. The molecule has 0 aliphatic rings. The van der Waals surface area contributed by atoms with Crippen LogP contribution in [0.15, 0.2) is 10.5 Å². The number of phenolic OH excluding ortho intramolecular Hbond substituents is 1. The maximum atomic E-state index is 13.4. The van der Waals surface area contributed by atoms with Gasteiger partial charge in [0, 0.05) is 12.1 Å². The van der Waals surface area contributed by atoms with Gasteiger partial charge in [0.1, 0.15) is 0 Å². The van der Waals surface area contributed by atoms with Crippen molar-refractivity contribution in [3.63, 3.8) is 0 Å². The summed E-state index contributed by atoms with van der Waals surface area (Å²) in [5.41, 5.74) is 4.76. The Morgan fingerprint density at radius 1 is 1.50 bits per heavy atom. The standard InChI is InChI=1S/C9H8BrF2NO3/c10-5-1-3(4(2-13)9(15)16)6(11)7(12)8(5)14/h1,4,14H,2,13H2,(H,15,16). The smallest absolute Gasteiger partial charge is 0.312 e. The fourth-order valence-electron chi connectivity index (χ4n) is 1.22. The zero-order chi connectivity index (χ0) is 12.5. The van der Waals surface area contributed by atoms with Crippen LogP contribution in [-0.2, 0) is 4.79 Å². The molecule has 7 heteroatoms. The van der Waals surface area contributed by atoms with Gasteiger partial charge in [-0.1, -0.05) is 0 Å². The second-order valence-electron chi connectivity index (χ2n) is 3.05. The fraction of sp³-hybridized carbons (Fsp3) is 0.222. The molecule has 0 aromatic heterocycles. The number of phenols is 1. The summed E-state index contributed by atoms with van der Waals surface area (Å²) in [5.74, 6) is -6.52. The number of rotatable bonds is 3. The van der Waals surface area contributed by atoms with Crippen LogP contribution in [0, 0.1) is 11.6 Å². The van der Waals surface area contributed by atoms with Crippen LogP contribution in [0.4, 0.5) is 8.78 Å². The summed E-state index contributed by atoms with van der Waals surface area (Å²) < 4.78 is 26.4. The Labute approximate surface area is 97.8 Å². The molecule has 4 N–H and O–H groups in total. The van der Waals surface area contributed by atoms with Crippen molar-refractivity contribution in [1.29, 1.82) is 0 Å². The van der Waals surface area contributed by atoms with E-state index >= 15 is 0 Å². The first-order chi connectivity index (χ1) is 7.40. The Morgan fingerprint density at radius 2 is 2.06 bits per heavy atom. The summed E-state index contributed by atoms with van der Waals surface area (Å²) >= 11 is 2.79. The van der Waals surface area contributed by atoms with Crippen LogP contribution in [0.25, 0.3) is 0 Å². The average molecular weight is 296 g/mol. The van der Waals surface area contributed by atoms with Gasteiger partial charge in [0.25, 0.3) is 0 Å². The molecule has 0 aliphatic heterocycles. The fourth-order valence-corrected chi connectivity index (χ4v) is 1.64. The van der Waals surface area contributed by atoms with Gasteiger partial charge in [-0.2, -0.15) is 4.39 Å². The third kappa shape index (κ3) is 2.14. The first-order valence-electron chi connectivity index (χ1n) is 4.19. The van der Waals surface area contributed by atoms with Gasteiger partial charge in [0.2, 0.25) is 5.82 Å². The number of nitrogens with two attached hydrogens (primary N) is 1. The van der Waals surface area contributed by atoms with Crippen molar-refractivity contribution in [3.05, 3.63) is 27.7 Å². The molecule has 1 unspecified atom stereocenters. The van der Waals surface area contributed by atoms with Crippen molar-refractivity contribution in [2.75, 3.05) is 6.54 Å². The second-order valence-corrected chi connectivity index (χ2v) is 3.91. The minimum absolute atomic E-state index is 0.124. The lowest BCUT2D eigenvalue weighted by molar-refractivity contribution is -0.138. The number of benzene rings is 1. The lowest BCUT2D eigenvalue weighted by Gasteiger charge is -2.13. The molecule has 0 radical (unpaired) electrons. The van der Waals surface area contributed by atoms with Gasteiger partial charge < -0.3 is 15.9 Å². The first-order valence-corrected chi connectivity index (χ1v) is 4.98. The minimum atomic E-state index is -1.50. The zero-order valence-corrected chi connectivity index (χ0v) is 9.46. The number of aliphatic carboxylic acids is 1. The second kappa shape index (κ2) is 4.75. The Balaban J connectivity index is 3.39. The highest BCUT2D eigenvalue weighted by Gasteiger charge is 2.26. The maximum absolute atomic E-state index is 13.4. The van der Waals surface area contributed by atoms with Crippen LogP contribution in [0.2, 0.25) is 0 Å². The third-order valence-electron chi connectivity index (χ3n) is 2.07. The molecule has 16 heavy (non-hydrogen) atoms. The van der Waals surface area contributed by atoms with Gasteiger partial charge in [0.15, 0.2) is 11.6 Å². The van der Waals surface area contributed by atoms with Gasteiger partial charge in [0.05, 0.1) is 10.4 Å². The molecule has 88 valence electrons. The molecule has 1 atom stereocenters. The largest absolute Gasteiger partial charge is 0.504 e. The van der Waals surface area contributed by atoms with Crippen molar-refractivity contribution >= 4 is 21.9 Å². The van der Waals surface area contributed by atoms with E-state index in [-0.39, 0.29) is 11.0 Å². The van der Waals surface area contributed by atoms with E-state index in [1.807, 2.05) is 0 Å².